The fraction of sp³-hybridized carbons (Fsp3) is 0. The first-order chi connectivity index (χ1) is 14.2. The summed E-state index contributed by atoms with van der Waals surface area (Å²) >= 11 is 0. The summed E-state index contributed by atoms with van der Waals surface area (Å²) in [5.41, 5.74) is 12.9. The second kappa shape index (κ2) is 8.27. The van der Waals surface area contributed by atoms with Gasteiger partial charge in [0.25, 0.3) is 0 Å². The van der Waals surface area contributed by atoms with Crippen LogP contribution in [0.5, 0.6) is 34.5 Å². The minimum Gasteiger partial charge on any atom is -0.453 e. The Hall–Kier alpha value is -4.12. The fourth-order valence-electron chi connectivity index (χ4n) is 2.77. The lowest BCUT2D eigenvalue weighted by atomic mass is 10.2. The summed E-state index contributed by atoms with van der Waals surface area (Å²) in [5, 5.41) is 0. The number of benzene rings is 4. The van der Waals surface area contributed by atoms with E-state index in [0.717, 1.165) is 0 Å². The molecule has 0 spiro atoms. The van der Waals surface area contributed by atoms with Crippen LogP contribution < -0.4 is 25.7 Å². The second-order valence-electron chi connectivity index (χ2n) is 6.34. The van der Waals surface area contributed by atoms with Crippen LogP contribution in [0.2, 0.25) is 0 Å². The maximum atomic E-state index is 6.13. The maximum absolute atomic E-state index is 6.13. The van der Waals surface area contributed by atoms with Crippen LogP contribution in [0.4, 0.5) is 11.4 Å². The first kappa shape index (κ1) is 18.3. The lowest BCUT2D eigenvalue weighted by Gasteiger charge is -2.15. The van der Waals surface area contributed by atoms with E-state index in [9.17, 15) is 0 Å². The van der Waals surface area contributed by atoms with Gasteiger partial charge in [0.05, 0.1) is 0 Å². The third-order valence-corrected chi connectivity index (χ3v) is 4.09. The number of anilines is 2. The SMILES string of the molecule is Nc1cccc(Oc2ccccc2Oc2ccccc2Oc2cccc(N)c2)c1. The molecule has 0 amide bonds. The van der Waals surface area contributed by atoms with Crippen molar-refractivity contribution in [1.29, 1.82) is 0 Å². The van der Waals surface area contributed by atoms with E-state index < -0.39 is 0 Å². The molecule has 0 fully saturated rings. The van der Waals surface area contributed by atoms with E-state index in [1.807, 2.05) is 72.8 Å². The Morgan fingerprint density at radius 3 is 1.17 bits per heavy atom. The lowest BCUT2D eigenvalue weighted by molar-refractivity contribution is 0.394. The summed E-state index contributed by atoms with van der Waals surface area (Å²) in [7, 11) is 0. The van der Waals surface area contributed by atoms with Gasteiger partial charge in [-0.25, -0.2) is 0 Å². The van der Waals surface area contributed by atoms with Gasteiger partial charge in [0, 0.05) is 23.5 Å². The predicted molar refractivity (Wildman–Crippen MR) is 115 cm³/mol. The molecule has 29 heavy (non-hydrogen) atoms. The molecule has 5 heteroatoms. The highest BCUT2D eigenvalue weighted by molar-refractivity contribution is 5.52. The number of para-hydroxylation sites is 4. The molecule has 4 aromatic rings. The Labute approximate surface area is 169 Å². The van der Waals surface area contributed by atoms with Gasteiger partial charge in [-0.2, -0.15) is 0 Å². The maximum Gasteiger partial charge on any atom is 0.170 e. The number of nitrogen functional groups attached to an aromatic ring is 2. The van der Waals surface area contributed by atoms with Crippen molar-refractivity contribution in [3.63, 3.8) is 0 Å². The molecule has 0 bridgehead atoms. The van der Waals surface area contributed by atoms with E-state index in [-0.39, 0.29) is 0 Å². The van der Waals surface area contributed by atoms with Crippen LogP contribution in [0.1, 0.15) is 0 Å². The Morgan fingerprint density at radius 2 is 0.793 bits per heavy atom. The minimum absolute atomic E-state index is 0.554. The highest BCUT2D eigenvalue weighted by atomic mass is 16.5. The van der Waals surface area contributed by atoms with Crippen molar-refractivity contribution < 1.29 is 14.2 Å². The average Bonchev–Trinajstić information content (AvgIpc) is 2.71. The monoisotopic (exact) mass is 384 g/mol. The van der Waals surface area contributed by atoms with Crippen LogP contribution >= 0.6 is 0 Å². The second-order valence-corrected chi connectivity index (χ2v) is 6.34. The Bertz CT molecular complexity index is 1040. The normalized spacial score (nSPS) is 10.3. The van der Waals surface area contributed by atoms with Gasteiger partial charge < -0.3 is 25.7 Å². The highest BCUT2D eigenvalue weighted by Gasteiger charge is 2.11. The zero-order valence-corrected chi connectivity index (χ0v) is 15.6. The summed E-state index contributed by atoms with van der Waals surface area (Å²) in [5.74, 6) is 3.50. The molecule has 0 unspecified atom stereocenters. The van der Waals surface area contributed by atoms with Crippen molar-refractivity contribution in [3.8, 4) is 34.5 Å². The van der Waals surface area contributed by atoms with E-state index >= 15 is 0 Å². The van der Waals surface area contributed by atoms with Gasteiger partial charge in [-0.3, -0.25) is 0 Å². The molecule has 144 valence electrons. The zero-order valence-electron chi connectivity index (χ0n) is 15.6. The summed E-state index contributed by atoms with van der Waals surface area (Å²) in [6.45, 7) is 0. The quantitative estimate of drug-likeness (QED) is 0.385. The highest BCUT2D eigenvalue weighted by Crippen LogP contribution is 2.39. The van der Waals surface area contributed by atoms with Crippen molar-refractivity contribution >= 4 is 11.4 Å². The standard InChI is InChI=1S/C24H20N2O3/c25-17-7-5-9-19(15-17)27-21-11-1-3-13-23(21)29-24-14-4-2-12-22(24)28-20-10-6-8-18(26)16-20/h1-16H,25-26H2. The molecule has 0 heterocycles. The number of ether oxygens (including phenoxy) is 3. The van der Waals surface area contributed by atoms with Crippen molar-refractivity contribution in [1.82, 2.24) is 0 Å². The van der Waals surface area contributed by atoms with Crippen LogP contribution in [0.15, 0.2) is 97.1 Å². The first-order valence-electron chi connectivity index (χ1n) is 9.10. The number of nitrogens with two attached hydrogens (primary N) is 2. The van der Waals surface area contributed by atoms with Crippen molar-refractivity contribution in [2.24, 2.45) is 0 Å². The van der Waals surface area contributed by atoms with Crippen molar-refractivity contribution in [2.75, 3.05) is 11.5 Å². The van der Waals surface area contributed by atoms with Crippen molar-refractivity contribution in [2.45, 2.75) is 0 Å². The summed E-state index contributed by atoms with van der Waals surface area (Å²) < 4.78 is 18.1. The van der Waals surface area contributed by atoms with Gasteiger partial charge >= 0.3 is 0 Å². The third kappa shape index (κ3) is 4.59. The molecule has 0 aliphatic rings. The zero-order chi connectivity index (χ0) is 20.1. The summed E-state index contributed by atoms with van der Waals surface area (Å²) in [6, 6.07) is 29.3. The Balaban J connectivity index is 1.60. The third-order valence-electron chi connectivity index (χ3n) is 4.09. The largest absolute Gasteiger partial charge is 0.453 e. The Kier molecular flexibility index (Phi) is 5.21. The molecule has 0 saturated carbocycles. The Morgan fingerprint density at radius 1 is 0.414 bits per heavy atom. The molecular formula is C24H20N2O3. The van der Waals surface area contributed by atoms with Crippen molar-refractivity contribution in [3.05, 3.63) is 97.1 Å². The van der Waals surface area contributed by atoms with Gasteiger partial charge in [0.2, 0.25) is 0 Å². The minimum atomic E-state index is 0.554. The molecule has 0 aromatic heterocycles. The van der Waals surface area contributed by atoms with Gasteiger partial charge in [0.1, 0.15) is 11.5 Å². The molecular weight excluding hydrogens is 364 g/mol. The molecule has 5 nitrogen and oxygen atoms in total. The lowest BCUT2D eigenvalue weighted by Crippen LogP contribution is -1.94. The smallest absolute Gasteiger partial charge is 0.170 e. The fourth-order valence-corrected chi connectivity index (χ4v) is 2.77. The summed E-state index contributed by atoms with van der Waals surface area (Å²) in [6.07, 6.45) is 0. The molecule has 4 aromatic carbocycles. The van der Waals surface area contributed by atoms with Gasteiger partial charge in [-0.05, 0) is 48.5 Å². The van der Waals surface area contributed by atoms with E-state index in [1.165, 1.54) is 0 Å². The van der Waals surface area contributed by atoms with Crippen LogP contribution in [0, 0.1) is 0 Å². The van der Waals surface area contributed by atoms with Gasteiger partial charge in [0.15, 0.2) is 23.0 Å². The average molecular weight is 384 g/mol. The van der Waals surface area contributed by atoms with E-state index in [4.69, 9.17) is 25.7 Å². The van der Waals surface area contributed by atoms with Gasteiger partial charge in [-0.1, -0.05) is 36.4 Å². The van der Waals surface area contributed by atoms with Crippen LogP contribution in [0.3, 0.4) is 0 Å². The molecule has 0 aliphatic heterocycles. The number of rotatable bonds is 6. The molecule has 4 rings (SSSR count). The molecule has 0 atom stereocenters. The summed E-state index contributed by atoms with van der Waals surface area (Å²) in [4.78, 5) is 0. The number of hydrogen-bond donors (Lipinski definition) is 2. The number of hydrogen-bond acceptors (Lipinski definition) is 5. The van der Waals surface area contributed by atoms with E-state index in [0.29, 0.717) is 45.9 Å². The van der Waals surface area contributed by atoms with Crippen LogP contribution in [0.25, 0.3) is 0 Å². The van der Waals surface area contributed by atoms with E-state index in [2.05, 4.69) is 0 Å². The molecule has 0 aliphatic carbocycles. The molecule has 0 radical (unpaired) electrons. The van der Waals surface area contributed by atoms with Crippen LogP contribution in [-0.4, -0.2) is 0 Å². The van der Waals surface area contributed by atoms with E-state index in [1.54, 1.807) is 24.3 Å². The van der Waals surface area contributed by atoms with Crippen LogP contribution in [-0.2, 0) is 0 Å². The topological polar surface area (TPSA) is 79.7 Å². The first-order valence-corrected chi connectivity index (χ1v) is 9.10. The predicted octanol–water partition coefficient (Wildman–Crippen LogP) is 6.23. The van der Waals surface area contributed by atoms with Gasteiger partial charge in [-0.15, -0.1) is 0 Å². The molecule has 0 saturated heterocycles. The molecule has 4 N–H and O–H groups in total.